The maximum absolute atomic E-state index is 12.3. The van der Waals surface area contributed by atoms with Crippen molar-refractivity contribution in [2.75, 3.05) is 7.11 Å². The van der Waals surface area contributed by atoms with Gasteiger partial charge in [0, 0.05) is 11.6 Å². The topological polar surface area (TPSA) is 38.3 Å². The van der Waals surface area contributed by atoms with Crippen molar-refractivity contribution >= 4 is 5.91 Å². The Bertz CT molecular complexity index is 444. The third-order valence-corrected chi connectivity index (χ3v) is 4.24. The first-order valence-electron chi connectivity index (χ1n) is 7.69. The number of hydrogen-bond donors (Lipinski definition) is 1. The molecule has 3 nitrogen and oxygen atoms in total. The summed E-state index contributed by atoms with van der Waals surface area (Å²) < 4.78 is 5.17. The van der Waals surface area contributed by atoms with Crippen LogP contribution in [0.4, 0.5) is 0 Å². The lowest BCUT2D eigenvalue weighted by molar-refractivity contribution is 0.0926. The Kier molecular flexibility index (Phi) is 5.45. The molecule has 0 spiro atoms. The van der Waals surface area contributed by atoms with Crippen LogP contribution < -0.4 is 10.1 Å². The normalized spacial score (nSPS) is 21.7. The summed E-state index contributed by atoms with van der Waals surface area (Å²) in [6, 6.07) is 7.70. The highest BCUT2D eigenvalue weighted by Crippen LogP contribution is 2.30. The molecule has 1 aromatic rings. The number of hydrogen-bond acceptors (Lipinski definition) is 2. The van der Waals surface area contributed by atoms with Gasteiger partial charge in [-0.2, -0.15) is 0 Å². The highest BCUT2D eigenvalue weighted by Gasteiger charge is 2.28. The van der Waals surface area contributed by atoms with Crippen LogP contribution in [0.5, 0.6) is 5.75 Å². The quantitative estimate of drug-likeness (QED) is 0.858. The van der Waals surface area contributed by atoms with Crippen LogP contribution in [0.1, 0.15) is 55.8 Å². The molecule has 0 aliphatic heterocycles. The van der Waals surface area contributed by atoms with E-state index in [4.69, 9.17) is 4.74 Å². The number of carbonyl (C=O) groups excluding carboxylic acids is 1. The molecule has 1 N–H and O–H groups in total. The highest BCUT2D eigenvalue weighted by molar-refractivity contribution is 5.94. The van der Waals surface area contributed by atoms with Gasteiger partial charge in [0.2, 0.25) is 0 Å². The Morgan fingerprint density at radius 3 is 3.00 bits per heavy atom. The molecule has 3 heteroatoms. The zero-order valence-electron chi connectivity index (χ0n) is 12.5. The number of amides is 1. The average molecular weight is 275 g/mol. The number of benzene rings is 1. The lowest BCUT2D eigenvalue weighted by Gasteiger charge is -2.21. The van der Waals surface area contributed by atoms with Crippen LogP contribution >= 0.6 is 0 Å². The van der Waals surface area contributed by atoms with Crippen LogP contribution in [0.2, 0.25) is 0 Å². The number of rotatable bonds is 6. The van der Waals surface area contributed by atoms with Gasteiger partial charge in [-0.15, -0.1) is 0 Å². The van der Waals surface area contributed by atoms with Crippen LogP contribution in [0, 0.1) is 5.92 Å². The molecule has 1 amide bonds. The van der Waals surface area contributed by atoms with Crippen molar-refractivity contribution < 1.29 is 9.53 Å². The number of methoxy groups -OCH3 is 1. The Morgan fingerprint density at radius 1 is 1.40 bits per heavy atom. The Labute approximate surface area is 121 Å². The largest absolute Gasteiger partial charge is 0.497 e. The van der Waals surface area contributed by atoms with Crippen LogP contribution in [-0.2, 0) is 0 Å². The molecule has 2 unspecified atom stereocenters. The summed E-state index contributed by atoms with van der Waals surface area (Å²) in [6.45, 7) is 2.22. The monoisotopic (exact) mass is 275 g/mol. The molecule has 1 aliphatic rings. The van der Waals surface area contributed by atoms with Gasteiger partial charge in [-0.1, -0.05) is 32.3 Å². The molecule has 1 fully saturated rings. The zero-order chi connectivity index (χ0) is 14.4. The predicted octanol–water partition coefficient (Wildman–Crippen LogP) is 3.78. The molecule has 0 saturated heterocycles. The number of unbranched alkanes of at least 4 members (excludes halogenated alkanes) is 1. The summed E-state index contributed by atoms with van der Waals surface area (Å²) in [7, 11) is 1.62. The zero-order valence-corrected chi connectivity index (χ0v) is 12.5. The molecular formula is C17H25NO2. The third-order valence-electron chi connectivity index (χ3n) is 4.24. The molecular weight excluding hydrogens is 250 g/mol. The first kappa shape index (κ1) is 14.9. The van der Waals surface area contributed by atoms with Crippen molar-refractivity contribution in [1.29, 1.82) is 0 Å². The summed E-state index contributed by atoms with van der Waals surface area (Å²) in [4.78, 5) is 12.3. The van der Waals surface area contributed by atoms with Crippen molar-refractivity contribution in [2.24, 2.45) is 5.92 Å². The Morgan fingerprint density at radius 2 is 2.25 bits per heavy atom. The maximum Gasteiger partial charge on any atom is 0.251 e. The number of ether oxygens (including phenoxy) is 1. The molecule has 0 bridgehead atoms. The summed E-state index contributed by atoms with van der Waals surface area (Å²) in [5.41, 5.74) is 0.686. The van der Waals surface area contributed by atoms with E-state index in [1.807, 2.05) is 18.2 Å². The van der Waals surface area contributed by atoms with Gasteiger partial charge in [-0.05, 0) is 43.4 Å². The van der Waals surface area contributed by atoms with E-state index in [1.54, 1.807) is 13.2 Å². The van der Waals surface area contributed by atoms with Gasteiger partial charge < -0.3 is 10.1 Å². The first-order valence-corrected chi connectivity index (χ1v) is 7.69. The van der Waals surface area contributed by atoms with E-state index >= 15 is 0 Å². The van der Waals surface area contributed by atoms with Crippen molar-refractivity contribution in [3.63, 3.8) is 0 Å². The van der Waals surface area contributed by atoms with Crippen LogP contribution in [-0.4, -0.2) is 19.1 Å². The second-order valence-electron chi connectivity index (χ2n) is 5.65. The molecule has 0 heterocycles. The van der Waals surface area contributed by atoms with Gasteiger partial charge in [0.1, 0.15) is 5.75 Å². The minimum absolute atomic E-state index is 0.0253. The Balaban J connectivity index is 1.96. The fourth-order valence-electron chi connectivity index (χ4n) is 3.05. The van der Waals surface area contributed by atoms with Crippen molar-refractivity contribution in [3.8, 4) is 5.75 Å². The van der Waals surface area contributed by atoms with E-state index in [-0.39, 0.29) is 5.91 Å². The van der Waals surface area contributed by atoms with E-state index in [2.05, 4.69) is 12.2 Å². The van der Waals surface area contributed by atoms with Crippen molar-refractivity contribution in [2.45, 2.75) is 51.5 Å². The first-order chi connectivity index (χ1) is 9.74. The second kappa shape index (κ2) is 7.32. The SMILES string of the molecule is CCCCC1CCCC1NC(=O)c1cccc(OC)c1. The van der Waals surface area contributed by atoms with E-state index in [0.29, 0.717) is 17.5 Å². The summed E-state index contributed by atoms with van der Waals surface area (Å²) in [6.07, 6.45) is 7.33. The van der Waals surface area contributed by atoms with Gasteiger partial charge in [0.25, 0.3) is 5.91 Å². The van der Waals surface area contributed by atoms with Gasteiger partial charge in [0.15, 0.2) is 0 Å². The molecule has 1 aliphatic carbocycles. The Hall–Kier alpha value is -1.51. The van der Waals surface area contributed by atoms with Crippen molar-refractivity contribution in [1.82, 2.24) is 5.32 Å². The summed E-state index contributed by atoms with van der Waals surface area (Å²) in [5.74, 6) is 1.41. The van der Waals surface area contributed by atoms with Gasteiger partial charge in [-0.3, -0.25) is 4.79 Å². The fraction of sp³-hybridized carbons (Fsp3) is 0.588. The smallest absolute Gasteiger partial charge is 0.251 e. The average Bonchev–Trinajstić information content (AvgIpc) is 2.92. The molecule has 1 aromatic carbocycles. The van der Waals surface area contributed by atoms with Crippen molar-refractivity contribution in [3.05, 3.63) is 29.8 Å². The number of carbonyl (C=O) groups is 1. The van der Waals surface area contributed by atoms with Crippen LogP contribution in [0.25, 0.3) is 0 Å². The third kappa shape index (κ3) is 3.75. The molecule has 0 aromatic heterocycles. The second-order valence-corrected chi connectivity index (χ2v) is 5.65. The van der Waals surface area contributed by atoms with Crippen LogP contribution in [0.3, 0.4) is 0 Å². The minimum atomic E-state index is 0.0253. The molecule has 0 radical (unpaired) electrons. The standard InChI is InChI=1S/C17H25NO2/c1-3-4-7-13-8-6-11-16(13)18-17(19)14-9-5-10-15(12-14)20-2/h5,9-10,12-13,16H,3-4,6-8,11H2,1-2H3,(H,18,19). The van der Waals surface area contributed by atoms with E-state index in [0.717, 1.165) is 12.2 Å². The van der Waals surface area contributed by atoms with Gasteiger partial charge in [0.05, 0.1) is 7.11 Å². The molecule has 1 saturated carbocycles. The molecule has 20 heavy (non-hydrogen) atoms. The summed E-state index contributed by atoms with van der Waals surface area (Å²) >= 11 is 0. The highest BCUT2D eigenvalue weighted by atomic mass is 16.5. The minimum Gasteiger partial charge on any atom is -0.497 e. The molecule has 2 atom stereocenters. The fourth-order valence-corrected chi connectivity index (χ4v) is 3.05. The van der Waals surface area contributed by atoms with E-state index < -0.39 is 0 Å². The van der Waals surface area contributed by atoms with E-state index in [9.17, 15) is 4.79 Å². The number of nitrogens with one attached hydrogen (secondary N) is 1. The predicted molar refractivity (Wildman–Crippen MR) is 81.1 cm³/mol. The van der Waals surface area contributed by atoms with Gasteiger partial charge >= 0.3 is 0 Å². The van der Waals surface area contributed by atoms with Crippen LogP contribution in [0.15, 0.2) is 24.3 Å². The lowest BCUT2D eigenvalue weighted by Crippen LogP contribution is -2.37. The maximum atomic E-state index is 12.3. The molecule has 2 rings (SSSR count). The van der Waals surface area contributed by atoms with Gasteiger partial charge in [-0.25, -0.2) is 0 Å². The molecule has 110 valence electrons. The van der Waals surface area contributed by atoms with E-state index in [1.165, 1.54) is 32.1 Å². The summed E-state index contributed by atoms with van der Waals surface area (Å²) in [5, 5.41) is 3.21. The lowest BCUT2D eigenvalue weighted by atomic mass is 9.96.